The minimum atomic E-state index is -1.47. The van der Waals surface area contributed by atoms with Crippen LogP contribution in [0.1, 0.15) is 58.3 Å². The summed E-state index contributed by atoms with van der Waals surface area (Å²) in [6.07, 6.45) is 8.46. The maximum Gasteiger partial charge on any atom is 0.205 e. The third-order valence-electron chi connectivity index (χ3n) is 3.41. The van der Waals surface area contributed by atoms with E-state index >= 15 is 0 Å². The molecular weight excluding hydrogens is 411 g/mol. The summed E-state index contributed by atoms with van der Waals surface area (Å²) >= 11 is 1.22. The normalized spacial score (nSPS) is 11.0. The molecule has 0 aromatic heterocycles. The molecule has 0 saturated carbocycles. The molecule has 0 bridgehead atoms. The average Bonchev–Trinajstić information content (AvgIpc) is 2.52. The average molecular weight is 432 g/mol. The van der Waals surface area contributed by atoms with Crippen LogP contribution >= 0.6 is 22.6 Å². The SMILES string of the molecule is CCCCCCCCCCOc1c(F)c(F)c(I)c(F)c1F. The largest absolute Gasteiger partial charge is 0.487 e. The van der Waals surface area contributed by atoms with Crippen molar-refractivity contribution in [1.29, 1.82) is 0 Å². The van der Waals surface area contributed by atoms with Crippen molar-refractivity contribution in [2.75, 3.05) is 6.61 Å². The monoisotopic (exact) mass is 432 g/mol. The lowest BCUT2D eigenvalue weighted by Crippen LogP contribution is -2.07. The zero-order valence-corrected chi connectivity index (χ0v) is 14.8. The summed E-state index contributed by atoms with van der Waals surface area (Å²) in [6.45, 7) is 2.20. The van der Waals surface area contributed by atoms with Gasteiger partial charge in [-0.15, -0.1) is 0 Å². The Morgan fingerprint density at radius 3 is 1.68 bits per heavy atom. The van der Waals surface area contributed by atoms with Crippen molar-refractivity contribution in [2.24, 2.45) is 0 Å². The van der Waals surface area contributed by atoms with Gasteiger partial charge in [-0.1, -0.05) is 51.9 Å². The summed E-state index contributed by atoms with van der Waals surface area (Å²) in [5.41, 5.74) is 0. The van der Waals surface area contributed by atoms with Gasteiger partial charge in [0, 0.05) is 0 Å². The smallest absolute Gasteiger partial charge is 0.205 e. The Labute approximate surface area is 142 Å². The molecule has 0 aliphatic carbocycles. The highest BCUT2D eigenvalue weighted by Crippen LogP contribution is 2.30. The highest BCUT2D eigenvalue weighted by atomic mass is 127. The molecule has 0 aliphatic rings. The van der Waals surface area contributed by atoms with Crippen LogP contribution in [0.4, 0.5) is 17.6 Å². The molecule has 22 heavy (non-hydrogen) atoms. The first-order valence-electron chi connectivity index (χ1n) is 7.64. The molecule has 1 aromatic carbocycles. The summed E-state index contributed by atoms with van der Waals surface area (Å²) in [7, 11) is 0. The molecule has 0 heterocycles. The van der Waals surface area contributed by atoms with Crippen LogP contribution < -0.4 is 4.74 Å². The highest BCUT2D eigenvalue weighted by molar-refractivity contribution is 14.1. The third-order valence-corrected chi connectivity index (χ3v) is 4.36. The third kappa shape index (κ3) is 5.59. The Morgan fingerprint density at radius 1 is 0.727 bits per heavy atom. The van der Waals surface area contributed by atoms with Crippen molar-refractivity contribution in [3.05, 3.63) is 26.8 Å². The van der Waals surface area contributed by atoms with Gasteiger partial charge in [0.1, 0.15) is 0 Å². The van der Waals surface area contributed by atoms with Gasteiger partial charge in [-0.25, -0.2) is 8.78 Å². The quantitative estimate of drug-likeness (QED) is 0.137. The molecule has 0 atom stereocenters. The summed E-state index contributed by atoms with van der Waals surface area (Å²) in [4.78, 5) is 0. The van der Waals surface area contributed by atoms with Gasteiger partial charge in [0.25, 0.3) is 0 Å². The van der Waals surface area contributed by atoms with E-state index in [9.17, 15) is 17.6 Å². The van der Waals surface area contributed by atoms with Crippen LogP contribution in [0, 0.1) is 26.8 Å². The van der Waals surface area contributed by atoms with Gasteiger partial charge in [0.05, 0.1) is 10.2 Å². The summed E-state index contributed by atoms with van der Waals surface area (Å²) < 4.78 is 58.0. The van der Waals surface area contributed by atoms with E-state index in [1.54, 1.807) is 0 Å². The number of rotatable bonds is 10. The second-order valence-corrected chi connectivity index (χ2v) is 6.30. The summed E-state index contributed by atoms with van der Waals surface area (Å²) in [5.74, 6) is -6.72. The van der Waals surface area contributed by atoms with Crippen molar-refractivity contribution < 1.29 is 22.3 Å². The van der Waals surface area contributed by atoms with Gasteiger partial charge in [0.15, 0.2) is 17.4 Å². The van der Waals surface area contributed by atoms with E-state index in [1.807, 2.05) is 0 Å². The fourth-order valence-electron chi connectivity index (χ4n) is 2.12. The van der Waals surface area contributed by atoms with Crippen LogP contribution in [0.2, 0.25) is 0 Å². The van der Waals surface area contributed by atoms with E-state index in [4.69, 9.17) is 4.74 Å². The van der Waals surface area contributed by atoms with Gasteiger partial charge < -0.3 is 4.74 Å². The number of halogens is 5. The van der Waals surface area contributed by atoms with Crippen LogP contribution in [0.3, 0.4) is 0 Å². The topological polar surface area (TPSA) is 9.23 Å². The molecule has 1 aromatic rings. The number of hydrogen-bond acceptors (Lipinski definition) is 1. The zero-order valence-electron chi connectivity index (χ0n) is 12.7. The summed E-state index contributed by atoms with van der Waals surface area (Å²) in [6, 6.07) is 0. The van der Waals surface area contributed by atoms with E-state index in [0.29, 0.717) is 6.42 Å². The van der Waals surface area contributed by atoms with Crippen LogP contribution in [-0.4, -0.2) is 6.61 Å². The van der Waals surface area contributed by atoms with E-state index in [1.165, 1.54) is 48.3 Å². The molecule has 0 spiro atoms. The minimum Gasteiger partial charge on any atom is -0.487 e. The lowest BCUT2D eigenvalue weighted by molar-refractivity contribution is 0.262. The molecule has 1 nitrogen and oxygen atoms in total. The van der Waals surface area contributed by atoms with Crippen LogP contribution in [0.5, 0.6) is 5.75 Å². The first kappa shape index (κ1) is 19.5. The molecule has 0 aliphatic heterocycles. The number of ether oxygens (including phenoxy) is 1. The van der Waals surface area contributed by atoms with E-state index < -0.39 is 32.6 Å². The molecule has 0 saturated heterocycles. The number of unbranched alkanes of at least 4 members (excludes halogenated alkanes) is 7. The lowest BCUT2D eigenvalue weighted by Gasteiger charge is -2.10. The van der Waals surface area contributed by atoms with Gasteiger partial charge in [-0.2, -0.15) is 8.78 Å². The predicted molar refractivity (Wildman–Crippen MR) is 87.1 cm³/mol. The van der Waals surface area contributed by atoms with E-state index in [2.05, 4.69) is 6.92 Å². The molecule has 1 rings (SSSR count). The first-order valence-corrected chi connectivity index (χ1v) is 8.72. The molecule has 0 N–H and O–H groups in total. The van der Waals surface area contributed by atoms with Crippen LogP contribution in [0.25, 0.3) is 0 Å². The molecule has 6 heteroatoms. The molecular formula is C16H21F4IO. The van der Waals surface area contributed by atoms with Crippen molar-refractivity contribution in [1.82, 2.24) is 0 Å². The van der Waals surface area contributed by atoms with Gasteiger partial charge in [-0.05, 0) is 29.0 Å². The van der Waals surface area contributed by atoms with Crippen molar-refractivity contribution in [2.45, 2.75) is 58.3 Å². The molecule has 0 unspecified atom stereocenters. The maximum atomic E-state index is 13.5. The second-order valence-electron chi connectivity index (χ2n) is 5.22. The Balaban J connectivity index is 2.34. The molecule has 0 fully saturated rings. The molecule has 0 amide bonds. The van der Waals surface area contributed by atoms with Gasteiger partial charge in [0.2, 0.25) is 11.6 Å². The number of benzene rings is 1. The fourth-order valence-corrected chi connectivity index (χ4v) is 2.60. The van der Waals surface area contributed by atoms with Crippen molar-refractivity contribution in [3.63, 3.8) is 0 Å². The van der Waals surface area contributed by atoms with Crippen molar-refractivity contribution in [3.8, 4) is 5.75 Å². The highest BCUT2D eigenvalue weighted by Gasteiger charge is 2.25. The Morgan fingerprint density at radius 2 is 1.18 bits per heavy atom. The second kappa shape index (κ2) is 10.3. The van der Waals surface area contributed by atoms with Crippen LogP contribution in [-0.2, 0) is 0 Å². The Bertz CT molecular complexity index is 451. The van der Waals surface area contributed by atoms with E-state index in [-0.39, 0.29) is 6.61 Å². The molecule has 0 radical (unpaired) electrons. The zero-order chi connectivity index (χ0) is 16.5. The van der Waals surface area contributed by atoms with Gasteiger partial charge >= 0.3 is 0 Å². The Kier molecular flexibility index (Phi) is 9.12. The van der Waals surface area contributed by atoms with Gasteiger partial charge in [-0.3, -0.25) is 0 Å². The van der Waals surface area contributed by atoms with Crippen LogP contribution in [0.15, 0.2) is 0 Å². The van der Waals surface area contributed by atoms with Crippen molar-refractivity contribution >= 4 is 22.6 Å². The minimum absolute atomic E-state index is 0.0439. The maximum absolute atomic E-state index is 13.5. The lowest BCUT2D eigenvalue weighted by atomic mass is 10.1. The summed E-state index contributed by atoms with van der Waals surface area (Å²) in [5, 5.41) is 0. The molecule has 126 valence electrons. The fraction of sp³-hybridized carbons (Fsp3) is 0.625. The predicted octanol–water partition coefficient (Wildman–Crippen LogP) is 6.37. The van der Waals surface area contributed by atoms with E-state index in [0.717, 1.165) is 19.3 Å². The Hall–Kier alpha value is -0.530. The number of hydrogen-bond donors (Lipinski definition) is 0. The first-order chi connectivity index (χ1) is 10.5. The standard InChI is InChI=1S/C16H21F4IO/c1-2-3-4-5-6-7-8-9-10-22-16-13(19)11(17)15(21)12(18)14(16)20/h2-10H2,1H3.